The Hall–Kier alpha value is -2.18. The molecule has 2 rings (SSSR count). The topological polar surface area (TPSA) is 66.5 Å². The largest absolute Gasteiger partial charge is 0.348 e. The van der Waals surface area contributed by atoms with E-state index in [2.05, 4.69) is 11.4 Å². The van der Waals surface area contributed by atoms with Gasteiger partial charge in [-0.05, 0) is 37.0 Å². The first-order chi connectivity index (χ1) is 12.6. The van der Waals surface area contributed by atoms with Crippen molar-refractivity contribution in [3.05, 3.63) is 70.8 Å². The molecule has 0 aliphatic heterocycles. The fourth-order valence-corrected chi connectivity index (χ4v) is 3.82. The maximum atomic E-state index is 13.1. The summed E-state index contributed by atoms with van der Waals surface area (Å²) in [6, 6.07) is 14.0. The molecule has 0 unspecified atom stereocenters. The molecule has 1 amide bonds. The van der Waals surface area contributed by atoms with Gasteiger partial charge in [0.2, 0.25) is 15.9 Å². The zero-order chi connectivity index (χ0) is 20.2. The van der Waals surface area contributed by atoms with Crippen molar-refractivity contribution >= 4 is 15.9 Å². The van der Waals surface area contributed by atoms with E-state index in [-0.39, 0.29) is 11.9 Å². The Morgan fingerprint density at radius 3 is 2.26 bits per heavy atom. The molecule has 146 valence electrons. The molecule has 0 aliphatic rings. The van der Waals surface area contributed by atoms with Crippen LogP contribution in [-0.4, -0.2) is 31.9 Å². The van der Waals surface area contributed by atoms with Crippen molar-refractivity contribution in [2.75, 3.05) is 13.3 Å². The number of carbonyl (C=O) groups excluding carboxylic acids is 1. The van der Waals surface area contributed by atoms with Crippen molar-refractivity contribution in [2.45, 2.75) is 39.3 Å². The summed E-state index contributed by atoms with van der Waals surface area (Å²) in [6.07, 6.45) is 1.82. The minimum atomic E-state index is -3.54. The van der Waals surface area contributed by atoms with Crippen LogP contribution in [0.15, 0.2) is 48.5 Å². The van der Waals surface area contributed by atoms with Crippen molar-refractivity contribution in [1.29, 1.82) is 0 Å². The van der Waals surface area contributed by atoms with Gasteiger partial charge in [0, 0.05) is 7.05 Å². The van der Waals surface area contributed by atoms with Crippen molar-refractivity contribution in [2.24, 2.45) is 0 Å². The van der Waals surface area contributed by atoms with Gasteiger partial charge in [0.15, 0.2) is 0 Å². The van der Waals surface area contributed by atoms with Crippen molar-refractivity contribution in [1.82, 2.24) is 9.62 Å². The molecule has 0 saturated carbocycles. The molecule has 2 aromatic rings. The van der Waals surface area contributed by atoms with E-state index in [1.807, 2.05) is 39.0 Å². The van der Waals surface area contributed by atoms with Gasteiger partial charge in [-0.1, -0.05) is 61.0 Å². The Kier molecular flexibility index (Phi) is 6.78. The van der Waals surface area contributed by atoms with Gasteiger partial charge in [0.1, 0.15) is 6.04 Å². The summed E-state index contributed by atoms with van der Waals surface area (Å²) in [5.74, 6) is -0.332. The lowest BCUT2D eigenvalue weighted by Gasteiger charge is -2.28. The molecule has 0 saturated heterocycles. The molecule has 1 N–H and O–H groups in total. The van der Waals surface area contributed by atoms with Gasteiger partial charge >= 0.3 is 0 Å². The molecule has 27 heavy (non-hydrogen) atoms. The van der Waals surface area contributed by atoms with E-state index in [4.69, 9.17) is 0 Å². The SMILES string of the molecule is CC[C@@H](NC(=O)[C@@H](c1ccccc1)N(C)S(C)(=O)=O)c1ccc(C)cc1C. The summed E-state index contributed by atoms with van der Waals surface area (Å²) < 4.78 is 25.3. The summed E-state index contributed by atoms with van der Waals surface area (Å²) in [5, 5.41) is 3.05. The van der Waals surface area contributed by atoms with Crippen LogP contribution in [0.2, 0.25) is 0 Å². The summed E-state index contributed by atoms with van der Waals surface area (Å²) >= 11 is 0. The van der Waals surface area contributed by atoms with E-state index in [1.165, 1.54) is 7.05 Å². The number of hydrogen-bond acceptors (Lipinski definition) is 3. The Bertz CT molecular complexity index is 895. The summed E-state index contributed by atoms with van der Waals surface area (Å²) in [6.45, 7) is 6.05. The Labute approximate surface area is 162 Å². The quantitative estimate of drug-likeness (QED) is 0.789. The van der Waals surface area contributed by atoms with Gasteiger partial charge in [0.25, 0.3) is 0 Å². The van der Waals surface area contributed by atoms with Crippen LogP contribution >= 0.6 is 0 Å². The van der Waals surface area contributed by atoms with Crippen LogP contribution in [0.25, 0.3) is 0 Å². The predicted octanol–water partition coefficient (Wildman–Crippen LogP) is 3.50. The Morgan fingerprint density at radius 1 is 1.11 bits per heavy atom. The molecular formula is C21H28N2O3S. The van der Waals surface area contributed by atoms with Gasteiger partial charge in [0.05, 0.1) is 12.3 Å². The maximum Gasteiger partial charge on any atom is 0.243 e. The number of nitrogens with one attached hydrogen (secondary N) is 1. The van der Waals surface area contributed by atoms with Gasteiger partial charge in [-0.25, -0.2) is 8.42 Å². The number of amides is 1. The van der Waals surface area contributed by atoms with E-state index in [1.54, 1.807) is 24.3 Å². The van der Waals surface area contributed by atoms with Crippen molar-refractivity contribution in [3.63, 3.8) is 0 Å². The summed E-state index contributed by atoms with van der Waals surface area (Å²) in [7, 11) is -2.11. The number of rotatable bonds is 7. The lowest BCUT2D eigenvalue weighted by molar-refractivity contribution is -0.125. The lowest BCUT2D eigenvalue weighted by atomic mass is 9.96. The first-order valence-corrected chi connectivity index (χ1v) is 10.9. The van der Waals surface area contributed by atoms with Gasteiger partial charge in [-0.15, -0.1) is 0 Å². The third-order valence-corrected chi connectivity index (χ3v) is 6.03. The molecule has 0 bridgehead atoms. The predicted molar refractivity (Wildman–Crippen MR) is 109 cm³/mol. The Morgan fingerprint density at radius 2 is 1.74 bits per heavy atom. The highest BCUT2D eigenvalue weighted by Gasteiger charge is 2.32. The second-order valence-electron chi connectivity index (χ2n) is 6.92. The van der Waals surface area contributed by atoms with E-state index >= 15 is 0 Å². The third kappa shape index (κ3) is 5.17. The second kappa shape index (κ2) is 8.67. The van der Waals surface area contributed by atoms with Crippen LogP contribution in [0.1, 0.15) is 47.7 Å². The monoisotopic (exact) mass is 388 g/mol. The number of carbonyl (C=O) groups is 1. The van der Waals surface area contributed by atoms with Crippen LogP contribution in [0.3, 0.4) is 0 Å². The molecule has 0 radical (unpaired) electrons. The first kappa shape index (κ1) is 21.1. The average Bonchev–Trinajstić information content (AvgIpc) is 2.60. The molecule has 0 aromatic heterocycles. The van der Waals surface area contributed by atoms with E-state index < -0.39 is 16.1 Å². The molecule has 6 heteroatoms. The smallest absolute Gasteiger partial charge is 0.243 e. The van der Waals surface area contributed by atoms with Crippen LogP contribution in [0.5, 0.6) is 0 Å². The van der Waals surface area contributed by atoms with E-state index in [9.17, 15) is 13.2 Å². The zero-order valence-corrected chi connectivity index (χ0v) is 17.4. The third-order valence-electron chi connectivity index (χ3n) is 4.78. The number of likely N-dealkylation sites (N-methyl/N-ethyl adjacent to an activating group) is 1. The summed E-state index contributed by atoms with van der Waals surface area (Å²) in [5.41, 5.74) is 3.95. The standard InChI is InChI=1S/C21H28N2O3S/c1-6-19(18-13-12-15(2)14-16(18)3)22-21(24)20(23(4)27(5,25)26)17-10-8-7-9-11-17/h7-14,19-20H,6H2,1-5H3,(H,22,24)/t19-,20-/m1/s1. The molecule has 2 atom stereocenters. The molecule has 0 spiro atoms. The molecule has 0 fully saturated rings. The fraction of sp³-hybridized carbons (Fsp3) is 0.381. The minimum absolute atomic E-state index is 0.183. The van der Waals surface area contributed by atoms with Crippen molar-refractivity contribution < 1.29 is 13.2 Å². The van der Waals surface area contributed by atoms with E-state index in [0.717, 1.165) is 27.3 Å². The molecule has 0 aliphatic carbocycles. The van der Waals surface area contributed by atoms with Gasteiger partial charge in [-0.2, -0.15) is 4.31 Å². The average molecular weight is 389 g/mol. The highest BCUT2D eigenvalue weighted by Crippen LogP contribution is 2.26. The van der Waals surface area contributed by atoms with Crippen LogP contribution in [0.4, 0.5) is 0 Å². The molecule has 0 heterocycles. The minimum Gasteiger partial charge on any atom is -0.348 e. The Balaban J connectivity index is 2.37. The number of sulfonamides is 1. The van der Waals surface area contributed by atoms with Crippen LogP contribution < -0.4 is 5.32 Å². The van der Waals surface area contributed by atoms with Gasteiger partial charge < -0.3 is 5.32 Å². The second-order valence-corrected chi connectivity index (χ2v) is 8.96. The number of nitrogens with zero attached hydrogens (tertiary/aromatic N) is 1. The molecular weight excluding hydrogens is 360 g/mol. The number of benzene rings is 2. The highest BCUT2D eigenvalue weighted by atomic mass is 32.2. The summed E-state index contributed by atoms with van der Waals surface area (Å²) in [4.78, 5) is 13.1. The van der Waals surface area contributed by atoms with Crippen LogP contribution in [0, 0.1) is 13.8 Å². The molecule has 5 nitrogen and oxygen atoms in total. The normalized spacial score (nSPS) is 14.0. The van der Waals surface area contributed by atoms with E-state index in [0.29, 0.717) is 12.0 Å². The number of aryl methyl sites for hydroxylation is 2. The fourth-order valence-electron chi connectivity index (χ4n) is 3.22. The zero-order valence-electron chi connectivity index (χ0n) is 16.6. The van der Waals surface area contributed by atoms with Crippen molar-refractivity contribution in [3.8, 4) is 0 Å². The first-order valence-electron chi connectivity index (χ1n) is 9.00. The highest BCUT2D eigenvalue weighted by molar-refractivity contribution is 7.88. The molecule has 2 aromatic carbocycles. The lowest BCUT2D eigenvalue weighted by Crippen LogP contribution is -2.42. The van der Waals surface area contributed by atoms with Gasteiger partial charge in [-0.3, -0.25) is 4.79 Å². The maximum absolute atomic E-state index is 13.1. The number of hydrogen-bond donors (Lipinski definition) is 1. The van der Waals surface area contributed by atoms with Crippen LogP contribution in [-0.2, 0) is 14.8 Å².